The smallest absolute Gasteiger partial charge is 0.410 e. The van der Waals surface area contributed by atoms with E-state index in [-0.39, 0.29) is 37.0 Å². The topological polar surface area (TPSA) is 80.8 Å². The molecule has 0 spiro atoms. The maximum atomic E-state index is 12.3. The lowest BCUT2D eigenvalue weighted by molar-refractivity contribution is 0.0603. The molecule has 2 amide bonds. The lowest BCUT2D eigenvalue weighted by atomic mass is 9.97. The lowest BCUT2D eigenvalue weighted by Crippen LogP contribution is -2.51. The van der Waals surface area contributed by atoms with Crippen molar-refractivity contribution in [3.63, 3.8) is 0 Å². The molecule has 1 saturated carbocycles. The van der Waals surface area contributed by atoms with Gasteiger partial charge < -0.3 is 29.5 Å². The Balaban J connectivity index is 0.000000222. The third kappa shape index (κ3) is 13.7. The number of nitrogens with one attached hydrogen (secondary N) is 1. The van der Waals surface area contributed by atoms with E-state index < -0.39 is 0 Å². The molecule has 0 bridgehead atoms. The molecule has 12 heteroatoms. The molecule has 0 aromatic heterocycles. The van der Waals surface area contributed by atoms with Gasteiger partial charge in [0, 0.05) is 78.0 Å². The summed E-state index contributed by atoms with van der Waals surface area (Å²) in [6, 6.07) is 20.6. The summed E-state index contributed by atoms with van der Waals surface area (Å²) in [5, 5.41) is 3.47. The summed E-state index contributed by atoms with van der Waals surface area (Å²) in [6.07, 6.45) is 7.80. The third-order valence-electron chi connectivity index (χ3n) is 10.7. The van der Waals surface area contributed by atoms with Crippen molar-refractivity contribution < 1.29 is 19.1 Å². The highest BCUT2D eigenvalue weighted by Crippen LogP contribution is 2.31. The maximum absolute atomic E-state index is 12.3. The molecule has 2 aromatic rings. The summed E-state index contributed by atoms with van der Waals surface area (Å²) < 4.78 is 10.9. The average molecular weight is 748 g/mol. The number of benzene rings is 2. The molecule has 1 aliphatic carbocycles. The van der Waals surface area contributed by atoms with Crippen LogP contribution in [0.1, 0.15) is 49.7 Å². The van der Waals surface area contributed by atoms with Crippen molar-refractivity contribution in [1.29, 1.82) is 0 Å². The number of piperidine rings is 2. The second kappa shape index (κ2) is 21.8. The molecule has 4 saturated heterocycles. The van der Waals surface area contributed by atoms with E-state index >= 15 is 0 Å². The molecule has 284 valence electrons. The number of carbonyl (C=O) groups is 2. The Kier molecular flexibility index (Phi) is 17.6. The Labute approximate surface area is 318 Å². The predicted octanol–water partition coefficient (Wildman–Crippen LogP) is 5.60. The number of nitrogens with zero attached hydrogens (tertiary/aromatic N) is 5. The molecule has 51 heavy (non-hydrogen) atoms. The van der Waals surface area contributed by atoms with Crippen molar-refractivity contribution in [2.75, 3.05) is 91.6 Å². The minimum atomic E-state index is -0.187. The summed E-state index contributed by atoms with van der Waals surface area (Å²) in [7, 11) is 0. The van der Waals surface area contributed by atoms with E-state index in [1.807, 2.05) is 70.5 Å². The molecule has 5 aliphatic rings. The van der Waals surface area contributed by atoms with Crippen LogP contribution in [-0.4, -0.2) is 134 Å². The SMILES string of the molecule is Cl.Cl.O=C(OCc1ccccc1)N1CCN(C[C@@H]2CCCNC2)CC1.O=C(OCc1ccccc1)N1CCN(C[C@H]2CCCN(C3CC3)C2)CC1. The van der Waals surface area contributed by atoms with Crippen molar-refractivity contribution >= 4 is 37.0 Å². The van der Waals surface area contributed by atoms with Crippen molar-refractivity contribution in [2.45, 2.75) is 57.8 Å². The molecule has 4 heterocycles. The van der Waals surface area contributed by atoms with E-state index in [4.69, 9.17) is 9.47 Å². The first-order chi connectivity index (χ1) is 24.1. The van der Waals surface area contributed by atoms with Crippen molar-refractivity contribution in [3.8, 4) is 0 Å². The molecule has 2 aromatic carbocycles. The van der Waals surface area contributed by atoms with E-state index in [1.54, 1.807) is 0 Å². The van der Waals surface area contributed by atoms with Crippen LogP contribution < -0.4 is 5.32 Å². The van der Waals surface area contributed by atoms with Gasteiger partial charge in [0.2, 0.25) is 0 Å². The summed E-state index contributed by atoms with van der Waals surface area (Å²) >= 11 is 0. The van der Waals surface area contributed by atoms with Gasteiger partial charge in [0.1, 0.15) is 13.2 Å². The number of likely N-dealkylation sites (tertiary alicyclic amines) is 1. The van der Waals surface area contributed by atoms with Gasteiger partial charge in [-0.25, -0.2) is 9.59 Å². The third-order valence-corrected chi connectivity index (χ3v) is 10.7. The van der Waals surface area contributed by atoms with Crippen LogP contribution in [-0.2, 0) is 22.7 Å². The van der Waals surface area contributed by atoms with Gasteiger partial charge in [-0.2, -0.15) is 0 Å². The van der Waals surface area contributed by atoms with Gasteiger partial charge in [0.25, 0.3) is 0 Å². The highest BCUT2D eigenvalue weighted by atomic mass is 35.5. The number of amides is 2. The number of halogens is 2. The fourth-order valence-electron chi connectivity index (χ4n) is 7.67. The quantitative estimate of drug-likeness (QED) is 0.356. The standard InChI is InChI=1S/C21H31N3O2.C18H27N3O2.2ClH/c25-21(26-17-18-5-2-1-3-6-18)23-13-11-22(12-14-23)15-19-7-4-10-24(16-19)20-8-9-20;22-18(23-15-16-5-2-1-3-6-16)21-11-9-20(10-12-21)14-17-7-4-8-19-13-17;;/h1-3,5-6,19-20H,4,7-17H2;1-3,5-6,17,19H,4,7-15H2;2*1H/t19-;17-;;/m11../s1. The van der Waals surface area contributed by atoms with Crippen LogP contribution >= 0.6 is 24.8 Å². The van der Waals surface area contributed by atoms with Crippen molar-refractivity contribution in [1.82, 2.24) is 29.8 Å². The van der Waals surface area contributed by atoms with Gasteiger partial charge >= 0.3 is 12.2 Å². The van der Waals surface area contributed by atoms with Crippen LogP contribution in [0, 0.1) is 11.8 Å². The van der Waals surface area contributed by atoms with Gasteiger partial charge in [0.15, 0.2) is 0 Å². The Bertz CT molecular complexity index is 1270. The molecule has 0 unspecified atom stereocenters. The first-order valence-electron chi connectivity index (χ1n) is 18.9. The normalized spacial score (nSPS) is 23.1. The number of carbonyl (C=O) groups excluding carboxylic acids is 2. The fraction of sp³-hybridized carbons (Fsp3) is 0.641. The Morgan fingerprint density at radius 2 is 1.10 bits per heavy atom. The first-order valence-corrected chi connectivity index (χ1v) is 18.9. The predicted molar refractivity (Wildman–Crippen MR) is 207 cm³/mol. The minimum absolute atomic E-state index is 0. The van der Waals surface area contributed by atoms with Crippen LogP contribution in [0.25, 0.3) is 0 Å². The van der Waals surface area contributed by atoms with Crippen molar-refractivity contribution in [2.24, 2.45) is 11.8 Å². The van der Waals surface area contributed by atoms with Crippen LogP contribution in [0.4, 0.5) is 9.59 Å². The molecular weight excluding hydrogens is 687 g/mol. The minimum Gasteiger partial charge on any atom is -0.445 e. The number of ether oxygens (including phenoxy) is 2. The lowest BCUT2D eigenvalue weighted by Gasteiger charge is -2.39. The van der Waals surface area contributed by atoms with Crippen LogP contribution in [0.15, 0.2) is 60.7 Å². The van der Waals surface area contributed by atoms with E-state index in [0.717, 1.165) is 101 Å². The van der Waals surface area contributed by atoms with E-state index in [0.29, 0.717) is 13.2 Å². The molecule has 10 nitrogen and oxygen atoms in total. The summed E-state index contributed by atoms with van der Waals surface area (Å²) in [6.45, 7) is 14.9. The second-order valence-corrected chi connectivity index (χ2v) is 14.6. The molecule has 5 fully saturated rings. The molecule has 1 N–H and O–H groups in total. The number of rotatable bonds is 9. The largest absolute Gasteiger partial charge is 0.445 e. The Morgan fingerprint density at radius 3 is 1.57 bits per heavy atom. The van der Waals surface area contributed by atoms with Gasteiger partial charge in [-0.05, 0) is 81.1 Å². The van der Waals surface area contributed by atoms with E-state index in [2.05, 4.69) is 20.0 Å². The van der Waals surface area contributed by atoms with Crippen LogP contribution in [0.2, 0.25) is 0 Å². The summed E-state index contributed by atoms with van der Waals surface area (Å²) in [5.74, 6) is 1.57. The Hall–Kier alpha value is -2.60. The molecule has 4 aliphatic heterocycles. The highest BCUT2D eigenvalue weighted by Gasteiger charge is 2.33. The molecular formula is C39H60Cl2N6O4. The average Bonchev–Trinajstić information content (AvgIpc) is 4.01. The van der Waals surface area contributed by atoms with Crippen LogP contribution in [0.5, 0.6) is 0 Å². The zero-order chi connectivity index (χ0) is 33.7. The molecule has 0 radical (unpaired) electrons. The fourth-order valence-corrected chi connectivity index (χ4v) is 7.67. The van der Waals surface area contributed by atoms with E-state index in [1.165, 1.54) is 58.2 Å². The van der Waals surface area contributed by atoms with Crippen molar-refractivity contribution in [3.05, 3.63) is 71.8 Å². The van der Waals surface area contributed by atoms with Gasteiger partial charge in [-0.15, -0.1) is 24.8 Å². The Morgan fingerprint density at radius 1 is 0.608 bits per heavy atom. The highest BCUT2D eigenvalue weighted by molar-refractivity contribution is 5.85. The molecule has 2 atom stereocenters. The first kappa shape index (κ1) is 41.2. The number of hydrogen-bond donors (Lipinski definition) is 1. The molecule has 7 rings (SSSR count). The summed E-state index contributed by atoms with van der Waals surface area (Å²) in [4.78, 5) is 35.8. The van der Waals surface area contributed by atoms with Gasteiger partial charge in [0.05, 0.1) is 0 Å². The second-order valence-electron chi connectivity index (χ2n) is 14.6. The van der Waals surface area contributed by atoms with Gasteiger partial charge in [-0.1, -0.05) is 60.7 Å². The summed E-state index contributed by atoms with van der Waals surface area (Å²) in [5.41, 5.74) is 2.07. The zero-order valence-electron chi connectivity index (χ0n) is 30.2. The monoisotopic (exact) mass is 746 g/mol. The maximum Gasteiger partial charge on any atom is 0.410 e. The number of piperazine rings is 2. The van der Waals surface area contributed by atoms with Gasteiger partial charge in [-0.3, -0.25) is 9.80 Å². The number of hydrogen-bond acceptors (Lipinski definition) is 8. The van der Waals surface area contributed by atoms with E-state index in [9.17, 15) is 9.59 Å². The van der Waals surface area contributed by atoms with Crippen LogP contribution in [0.3, 0.4) is 0 Å². The zero-order valence-corrected chi connectivity index (χ0v) is 31.9.